The highest BCUT2D eigenvalue weighted by molar-refractivity contribution is 6.30. The molecule has 2 aromatic rings. The van der Waals surface area contributed by atoms with Crippen molar-refractivity contribution in [1.82, 2.24) is 15.0 Å². The normalized spacial score (nSPS) is 10.3. The highest BCUT2D eigenvalue weighted by atomic mass is 35.5. The topological polar surface area (TPSA) is 93.8 Å². The van der Waals surface area contributed by atoms with E-state index in [1.807, 2.05) is 19.9 Å². The van der Waals surface area contributed by atoms with Gasteiger partial charge in [0.1, 0.15) is 0 Å². The Hall–Kier alpha value is -2.21. The second kappa shape index (κ2) is 5.83. The van der Waals surface area contributed by atoms with Crippen LogP contribution in [-0.4, -0.2) is 20.9 Å². The lowest BCUT2D eigenvalue weighted by atomic mass is 10.2. The van der Waals surface area contributed by atoms with Crippen molar-refractivity contribution in [3.63, 3.8) is 0 Å². The summed E-state index contributed by atoms with van der Waals surface area (Å²) >= 11 is 6.02. The van der Waals surface area contributed by atoms with Crippen LogP contribution in [0.15, 0.2) is 18.5 Å². The predicted molar refractivity (Wildman–Crippen MR) is 77.2 cm³/mol. The van der Waals surface area contributed by atoms with E-state index in [2.05, 4.69) is 20.3 Å². The predicted octanol–water partition coefficient (Wildman–Crippen LogP) is 2.24. The van der Waals surface area contributed by atoms with E-state index in [9.17, 15) is 4.79 Å². The van der Waals surface area contributed by atoms with Gasteiger partial charge >= 0.3 is 0 Å². The van der Waals surface area contributed by atoms with Gasteiger partial charge in [0, 0.05) is 6.20 Å². The third-order valence-electron chi connectivity index (χ3n) is 2.63. The van der Waals surface area contributed by atoms with Gasteiger partial charge in [-0.15, -0.1) is 0 Å². The number of hydrogen-bond acceptors (Lipinski definition) is 5. The van der Waals surface area contributed by atoms with Gasteiger partial charge in [-0.1, -0.05) is 18.5 Å². The van der Waals surface area contributed by atoms with Crippen LogP contribution >= 0.6 is 11.6 Å². The van der Waals surface area contributed by atoms with Crippen molar-refractivity contribution in [2.24, 2.45) is 5.73 Å². The van der Waals surface area contributed by atoms with Crippen LogP contribution < -0.4 is 11.1 Å². The number of carbonyl (C=O) groups excluding carboxylic acids is 1. The summed E-state index contributed by atoms with van der Waals surface area (Å²) in [5.74, 6) is -0.431. The van der Waals surface area contributed by atoms with Crippen LogP contribution in [0, 0.1) is 6.92 Å². The smallest absolute Gasteiger partial charge is 0.271 e. The van der Waals surface area contributed by atoms with Crippen LogP contribution in [0.1, 0.15) is 28.7 Å². The molecule has 0 aliphatic carbocycles. The monoisotopic (exact) mass is 291 g/mol. The average molecular weight is 292 g/mol. The number of aromatic nitrogens is 3. The first kappa shape index (κ1) is 14.2. The van der Waals surface area contributed by atoms with Gasteiger partial charge in [0.2, 0.25) is 0 Å². The van der Waals surface area contributed by atoms with Gasteiger partial charge in [-0.05, 0) is 25.0 Å². The summed E-state index contributed by atoms with van der Waals surface area (Å²) in [7, 11) is 0. The van der Waals surface area contributed by atoms with Crippen LogP contribution in [-0.2, 0) is 6.42 Å². The van der Waals surface area contributed by atoms with E-state index in [1.165, 1.54) is 0 Å². The van der Waals surface area contributed by atoms with Crippen LogP contribution in [0.3, 0.4) is 0 Å². The minimum Gasteiger partial charge on any atom is -0.364 e. The number of nitrogens with one attached hydrogen (secondary N) is 1. The molecule has 0 spiro atoms. The quantitative estimate of drug-likeness (QED) is 0.901. The van der Waals surface area contributed by atoms with Crippen molar-refractivity contribution < 1.29 is 4.79 Å². The molecule has 0 atom stereocenters. The number of halogens is 1. The maximum absolute atomic E-state index is 11.5. The molecule has 0 bridgehead atoms. The molecule has 0 saturated heterocycles. The molecule has 0 radical (unpaired) electrons. The molecule has 0 unspecified atom stereocenters. The largest absolute Gasteiger partial charge is 0.364 e. The van der Waals surface area contributed by atoms with Gasteiger partial charge in [0.25, 0.3) is 5.91 Å². The molecule has 2 rings (SSSR count). The van der Waals surface area contributed by atoms with E-state index in [4.69, 9.17) is 17.3 Å². The van der Waals surface area contributed by atoms with E-state index >= 15 is 0 Å². The highest BCUT2D eigenvalue weighted by Gasteiger charge is 2.16. The number of anilines is 2. The second-order valence-electron chi connectivity index (χ2n) is 4.25. The van der Waals surface area contributed by atoms with Crippen LogP contribution in [0.4, 0.5) is 11.5 Å². The third-order valence-corrected chi connectivity index (χ3v) is 2.93. The zero-order valence-corrected chi connectivity index (χ0v) is 11.9. The standard InChI is InChI=1S/C13H14ClN5O/c1-3-9-11(14)19-13(10(18-9)12(15)20)17-8-4-7(2)5-16-6-8/h4-6H,3H2,1-2H3,(H2,15,20)(H,17,19). The molecule has 3 N–H and O–H groups in total. The summed E-state index contributed by atoms with van der Waals surface area (Å²) in [5, 5.41) is 3.22. The van der Waals surface area contributed by atoms with E-state index < -0.39 is 5.91 Å². The molecular formula is C13H14ClN5O. The molecule has 0 aliphatic rings. The third kappa shape index (κ3) is 3.03. The Balaban J connectivity index is 2.45. The molecule has 20 heavy (non-hydrogen) atoms. The molecule has 1 amide bonds. The Morgan fingerprint density at radius 2 is 2.15 bits per heavy atom. The minimum atomic E-state index is -0.660. The average Bonchev–Trinajstić information content (AvgIpc) is 2.38. The number of pyridine rings is 1. The molecular weight excluding hydrogens is 278 g/mol. The summed E-state index contributed by atoms with van der Waals surface area (Å²) < 4.78 is 0. The van der Waals surface area contributed by atoms with Crippen LogP contribution in [0.2, 0.25) is 5.15 Å². The van der Waals surface area contributed by atoms with Gasteiger partial charge in [-0.3, -0.25) is 9.78 Å². The summed E-state index contributed by atoms with van der Waals surface area (Å²) in [6.45, 7) is 3.78. The summed E-state index contributed by atoms with van der Waals surface area (Å²) in [4.78, 5) is 23.8. The lowest BCUT2D eigenvalue weighted by Crippen LogP contribution is -2.18. The number of carbonyl (C=O) groups is 1. The van der Waals surface area contributed by atoms with Crippen LogP contribution in [0.5, 0.6) is 0 Å². The summed E-state index contributed by atoms with van der Waals surface area (Å²) in [6.07, 6.45) is 3.90. The van der Waals surface area contributed by atoms with E-state index in [1.54, 1.807) is 12.4 Å². The fourth-order valence-corrected chi connectivity index (χ4v) is 1.95. The van der Waals surface area contributed by atoms with Gasteiger partial charge < -0.3 is 11.1 Å². The first-order valence-corrected chi connectivity index (χ1v) is 6.44. The molecule has 0 saturated carbocycles. The number of amides is 1. The van der Waals surface area contributed by atoms with E-state index in [0.29, 0.717) is 17.8 Å². The first-order chi connectivity index (χ1) is 9.51. The van der Waals surface area contributed by atoms with Gasteiger partial charge in [0.05, 0.1) is 17.6 Å². The van der Waals surface area contributed by atoms with Crippen molar-refractivity contribution >= 4 is 29.0 Å². The van der Waals surface area contributed by atoms with Gasteiger partial charge in [0.15, 0.2) is 16.7 Å². The number of rotatable bonds is 4. The molecule has 7 heteroatoms. The van der Waals surface area contributed by atoms with Crippen molar-refractivity contribution in [1.29, 1.82) is 0 Å². The molecule has 104 valence electrons. The zero-order chi connectivity index (χ0) is 14.7. The number of hydrogen-bond donors (Lipinski definition) is 2. The molecule has 0 aromatic carbocycles. The summed E-state index contributed by atoms with van der Waals surface area (Å²) in [6, 6.07) is 1.86. The maximum atomic E-state index is 11.5. The van der Waals surface area contributed by atoms with Gasteiger partial charge in [-0.2, -0.15) is 0 Å². The fraction of sp³-hybridized carbons (Fsp3) is 0.231. The SMILES string of the molecule is CCc1nc(C(N)=O)c(Nc2cncc(C)c2)nc1Cl. The number of nitrogens with zero attached hydrogens (tertiary/aromatic N) is 3. The van der Waals surface area contributed by atoms with E-state index in [0.717, 1.165) is 5.56 Å². The fourth-order valence-electron chi connectivity index (χ4n) is 1.69. The Morgan fingerprint density at radius 3 is 2.75 bits per heavy atom. The van der Waals surface area contributed by atoms with Crippen molar-refractivity contribution in [3.8, 4) is 0 Å². The van der Waals surface area contributed by atoms with E-state index in [-0.39, 0.29) is 16.7 Å². The van der Waals surface area contributed by atoms with Crippen molar-refractivity contribution in [2.75, 3.05) is 5.32 Å². The van der Waals surface area contributed by atoms with Crippen molar-refractivity contribution in [3.05, 3.63) is 40.6 Å². The highest BCUT2D eigenvalue weighted by Crippen LogP contribution is 2.22. The minimum absolute atomic E-state index is 0.0627. The number of primary amides is 1. The molecule has 0 fully saturated rings. The summed E-state index contributed by atoms with van der Waals surface area (Å²) in [5.41, 5.74) is 7.58. The van der Waals surface area contributed by atoms with Gasteiger partial charge in [-0.25, -0.2) is 9.97 Å². The number of aryl methyl sites for hydroxylation is 2. The first-order valence-electron chi connectivity index (χ1n) is 6.06. The molecule has 2 heterocycles. The molecule has 6 nitrogen and oxygen atoms in total. The Bertz CT molecular complexity index is 659. The number of nitrogens with two attached hydrogens (primary N) is 1. The Morgan fingerprint density at radius 1 is 1.40 bits per heavy atom. The molecule has 2 aromatic heterocycles. The Labute approximate surface area is 121 Å². The molecule has 0 aliphatic heterocycles. The Kier molecular flexibility index (Phi) is 4.14. The zero-order valence-electron chi connectivity index (χ0n) is 11.1. The second-order valence-corrected chi connectivity index (χ2v) is 4.61. The maximum Gasteiger partial charge on any atom is 0.271 e. The van der Waals surface area contributed by atoms with Crippen LogP contribution in [0.25, 0.3) is 0 Å². The lowest BCUT2D eigenvalue weighted by molar-refractivity contribution is 0.0996. The lowest BCUT2D eigenvalue weighted by Gasteiger charge is -2.11. The van der Waals surface area contributed by atoms with Crippen molar-refractivity contribution in [2.45, 2.75) is 20.3 Å².